The van der Waals surface area contributed by atoms with Crippen molar-refractivity contribution in [1.29, 1.82) is 0 Å². The summed E-state index contributed by atoms with van der Waals surface area (Å²) in [5, 5.41) is 0. The van der Waals surface area contributed by atoms with E-state index in [2.05, 4.69) is 82.9 Å². The topological polar surface area (TPSA) is 9.23 Å². The number of hydrogen-bond acceptors (Lipinski definition) is 1. The summed E-state index contributed by atoms with van der Waals surface area (Å²) < 4.78 is 6.76. The third-order valence-electron chi connectivity index (χ3n) is 6.54. The van der Waals surface area contributed by atoms with Gasteiger partial charge in [-0.15, -0.1) is 0 Å². The Morgan fingerprint density at radius 3 is 2.28 bits per heavy atom. The molecule has 1 aliphatic heterocycles. The zero-order chi connectivity index (χ0) is 20.6. The van der Waals surface area contributed by atoms with Crippen LogP contribution in [0.3, 0.4) is 0 Å². The van der Waals surface area contributed by atoms with Crippen molar-refractivity contribution < 1.29 is 4.74 Å². The van der Waals surface area contributed by atoms with E-state index < -0.39 is 0 Å². The molecule has 2 aromatic rings. The minimum absolute atomic E-state index is 0.0907. The molecule has 4 rings (SSSR count). The van der Waals surface area contributed by atoms with Crippen LogP contribution in [0.4, 0.5) is 0 Å². The average Bonchev–Trinajstić information content (AvgIpc) is 3.52. The molecule has 29 heavy (non-hydrogen) atoms. The van der Waals surface area contributed by atoms with E-state index in [-0.39, 0.29) is 11.0 Å². The van der Waals surface area contributed by atoms with Gasteiger partial charge in [-0.2, -0.15) is 0 Å². The van der Waals surface area contributed by atoms with Crippen LogP contribution in [-0.2, 0) is 12.8 Å². The van der Waals surface area contributed by atoms with E-state index >= 15 is 0 Å². The summed E-state index contributed by atoms with van der Waals surface area (Å²) in [6.07, 6.45) is 6.79. The van der Waals surface area contributed by atoms with Gasteiger partial charge in [-0.3, -0.25) is 0 Å². The molecular weight excluding hydrogens is 352 g/mol. The highest BCUT2D eigenvalue weighted by Gasteiger charge is 2.40. The Balaban J connectivity index is 1.74. The molecule has 1 saturated carbocycles. The first-order valence-corrected chi connectivity index (χ1v) is 11.3. The molecule has 152 valence electrons. The maximum Gasteiger partial charge on any atom is 0.126 e. The van der Waals surface area contributed by atoms with Crippen LogP contribution in [0.15, 0.2) is 36.4 Å². The highest BCUT2D eigenvalue weighted by molar-refractivity contribution is 5.54. The van der Waals surface area contributed by atoms with Crippen LogP contribution in [0.1, 0.15) is 94.0 Å². The number of rotatable bonds is 3. The van der Waals surface area contributed by atoms with Gasteiger partial charge in [0.2, 0.25) is 0 Å². The quantitative estimate of drug-likeness (QED) is 0.514. The van der Waals surface area contributed by atoms with Crippen molar-refractivity contribution in [1.82, 2.24) is 0 Å². The molecular formula is C28H34O. The second-order valence-electron chi connectivity index (χ2n) is 10.1. The van der Waals surface area contributed by atoms with Gasteiger partial charge in [0.1, 0.15) is 11.4 Å². The highest BCUT2D eigenvalue weighted by atomic mass is 16.5. The second kappa shape index (κ2) is 7.56. The fourth-order valence-electron chi connectivity index (χ4n) is 4.78. The van der Waals surface area contributed by atoms with Crippen molar-refractivity contribution in [2.75, 3.05) is 0 Å². The molecule has 0 N–H and O–H groups in total. The minimum Gasteiger partial charge on any atom is -0.487 e. The highest BCUT2D eigenvalue weighted by Crippen LogP contribution is 2.50. The molecule has 0 aromatic heterocycles. The Morgan fingerprint density at radius 2 is 1.66 bits per heavy atom. The average molecular weight is 387 g/mol. The van der Waals surface area contributed by atoms with Crippen molar-refractivity contribution >= 4 is 0 Å². The first-order chi connectivity index (χ1) is 13.8. The summed E-state index contributed by atoms with van der Waals surface area (Å²) in [6.45, 7) is 11.5. The maximum atomic E-state index is 6.76. The fraction of sp³-hybridized carbons (Fsp3) is 0.500. The lowest BCUT2D eigenvalue weighted by Gasteiger charge is -2.34. The van der Waals surface area contributed by atoms with Gasteiger partial charge < -0.3 is 4.74 Å². The lowest BCUT2D eigenvalue weighted by Crippen LogP contribution is -2.35. The summed E-state index contributed by atoms with van der Waals surface area (Å²) in [7, 11) is 0. The Bertz CT molecular complexity index is 950. The van der Waals surface area contributed by atoms with E-state index in [4.69, 9.17) is 4.74 Å². The molecule has 1 heteroatoms. The lowest BCUT2D eigenvalue weighted by molar-refractivity contribution is 0.0460. The summed E-state index contributed by atoms with van der Waals surface area (Å²) in [5.74, 6) is 8.64. The van der Waals surface area contributed by atoms with Gasteiger partial charge in [-0.05, 0) is 97.7 Å². The standard InChI is InChI=1S/C28H34O/c1-6-20-8-10-21(11-9-20)12-13-22-16-24-18-27(3,4)19-28(5,7-2)29-26(24)25(17-22)23-14-15-23/h8-11,16-17,23H,6-7,14-15,18-19H2,1-5H3. The predicted octanol–water partition coefficient (Wildman–Crippen LogP) is 7.05. The molecule has 1 atom stereocenters. The van der Waals surface area contributed by atoms with E-state index in [1.165, 1.54) is 35.3 Å². The number of aryl methyl sites for hydroxylation is 1. The maximum absolute atomic E-state index is 6.76. The largest absolute Gasteiger partial charge is 0.487 e. The number of hydrogen-bond donors (Lipinski definition) is 0. The summed E-state index contributed by atoms with van der Waals surface area (Å²) in [4.78, 5) is 0. The van der Waals surface area contributed by atoms with Crippen molar-refractivity contribution in [3.05, 3.63) is 64.2 Å². The fourth-order valence-corrected chi connectivity index (χ4v) is 4.78. The smallest absolute Gasteiger partial charge is 0.126 e. The normalized spacial score (nSPS) is 22.7. The first-order valence-electron chi connectivity index (χ1n) is 11.3. The van der Waals surface area contributed by atoms with Gasteiger partial charge >= 0.3 is 0 Å². The lowest BCUT2D eigenvalue weighted by atomic mass is 9.76. The zero-order valence-corrected chi connectivity index (χ0v) is 18.7. The minimum atomic E-state index is -0.0907. The third-order valence-corrected chi connectivity index (χ3v) is 6.54. The van der Waals surface area contributed by atoms with Crippen LogP contribution in [0.5, 0.6) is 5.75 Å². The predicted molar refractivity (Wildman–Crippen MR) is 122 cm³/mol. The zero-order valence-electron chi connectivity index (χ0n) is 18.7. The van der Waals surface area contributed by atoms with E-state index in [1.807, 2.05) is 0 Å². The molecule has 1 nitrogen and oxygen atoms in total. The van der Waals surface area contributed by atoms with Gasteiger partial charge in [-0.1, -0.05) is 51.7 Å². The van der Waals surface area contributed by atoms with Crippen LogP contribution in [0.25, 0.3) is 0 Å². The van der Waals surface area contributed by atoms with Crippen LogP contribution < -0.4 is 4.74 Å². The molecule has 0 spiro atoms. The van der Waals surface area contributed by atoms with Crippen molar-refractivity contribution in [2.45, 2.75) is 84.7 Å². The van der Waals surface area contributed by atoms with Crippen LogP contribution >= 0.6 is 0 Å². The van der Waals surface area contributed by atoms with E-state index in [1.54, 1.807) is 0 Å². The van der Waals surface area contributed by atoms with Crippen LogP contribution in [-0.4, -0.2) is 5.60 Å². The number of fused-ring (bicyclic) bond motifs is 1. The first kappa shape index (κ1) is 20.1. The molecule has 1 fully saturated rings. The van der Waals surface area contributed by atoms with E-state index in [0.717, 1.165) is 36.8 Å². The molecule has 1 aliphatic carbocycles. The second-order valence-corrected chi connectivity index (χ2v) is 10.1. The molecule has 0 saturated heterocycles. The van der Waals surface area contributed by atoms with Crippen molar-refractivity contribution in [3.63, 3.8) is 0 Å². The Hall–Kier alpha value is -2.20. The SMILES string of the molecule is CCc1ccc(C#Cc2cc3c(c(C4CC4)c2)OC(C)(CC)CC(C)(C)C3)cc1. The Morgan fingerprint density at radius 1 is 0.966 bits per heavy atom. The van der Waals surface area contributed by atoms with E-state index in [0.29, 0.717) is 5.92 Å². The van der Waals surface area contributed by atoms with Gasteiger partial charge in [0.25, 0.3) is 0 Å². The molecule has 0 radical (unpaired) electrons. The molecule has 0 bridgehead atoms. The van der Waals surface area contributed by atoms with Crippen LogP contribution in [0, 0.1) is 17.3 Å². The number of benzene rings is 2. The summed E-state index contributed by atoms with van der Waals surface area (Å²) >= 11 is 0. The molecule has 1 unspecified atom stereocenters. The van der Waals surface area contributed by atoms with Gasteiger partial charge in [-0.25, -0.2) is 0 Å². The van der Waals surface area contributed by atoms with Gasteiger partial charge in [0, 0.05) is 11.1 Å². The van der Waals surface area contributed by atoms with Gasteiger partial charge in [0.05, 0.1) is 0 Å². The number of ether oxygens (including phenoxy) is 1. The molecule has 0 amide bonds. The molecule has 2 aliphatic rings. The Kier molecular flexibility index (Phi) is 5.24. The molecule has 2 aromatic carbocycles. The monoisotopic (exact) mass is 386 g/mol. The molecule has 1 heterocycles. The van der Waals surface area contributed by atoms with E-state index in [9.17, 15) is 0 Å². The van der Waals surface area contributed by atoms with Crippen LogP contribution in [0.2, 0.25) is 0 Å². The Labute approximate surface area is 176 Å². The van der Waals surface area contributed by atoms with Gasteiger partial charge in [0.15, 0.2) is 0 Å². The summed E-state index contributed by atoms with van der Waals surface area (Å²) in [6, 6.07) is 13.2. The van der Waals surface area contributed by atoms with Crippen molar-refractivity contribution in [3.8, 4) is 17.6 Å². The summed E-state index contributed by atoms with van der Waals surface area (Å²) in [5.41, 5.74) is 6.44. The van der Waals surface area contributed by atoms with Crippen molar-refractivity contribution in [2.24, 2.45) is 5.41 Å². The third kappa shape index (κ3) is 4.53.